The van der Waals surface area contributed by atoms with Crippen molar-refractivity contribution in [1.29, 1.82) is 0 Å². The fourth-order valence-electron chi connectivity index (χ4n) is 3.39. The molecule has 0 aliphatic carbocycles. The van der Waals surface area contributed by atoms with E-state index in [4.69, 9.17) is 15.5 Å². The minimum atomic E-state index is -0.0205. The lowest BCUT2D eigenvalue weighted by atomic mass is 10.0. The number of hydrogen-bond donors (Lipinski definition) is 2. The Kier molecular flexibility index (Phi) is 4.08. The molecule has 4 aromatic rings. The number of aromatic nitrogens is 4. The van der Waals surface area contributed by atoms with Gasteiger partial charge in [0.25, 0.3) is 0 Å². The van der Waals surface area contributed by atoms with Crippen molar-refractivity contribution in [2.45, 2.75) is 19.0 Å². The maximum absolute atomic E-state index is 6.33. The lowest BCUT2D eigenvalue weighted by Crippen LogP contribution is -2.57. The monoisotopic (exact) mass is 438 g/mol. The SMILES string of the molecule is CC1(NCc2nc3c(-c4cnc5ccccc5c4)cnn3c(N)c2Br)COC1. The number of nitrogens with one attached hydrogen (secondary N) is 1. The topological polar surface area (TPSA) is 90.4 Å². The first-order valence-electron chi connectivity index (χ1n) is 9.04. The molecule has 28 heavy (non-hydrogen) atoms. The maximum atomic E-state index is 6.33. The van der Waals surface area contributed by atoms with Crippen molar-refractivity contribution in [2.75, 3.05) is 18.9 Å². The van der Waals surface area contributed by atoms with Gasteiger partial charge < -0.3 is 15.8 Å². The van der Waals surface area contributed by atoms with E-state index >= 15 is 0 Å². The van der Waals surface area contributed by atoms with E-state index in [2.05, 4.69) is 44.3 Å². The van der Waals surface area contributed by atoms with Crippen LogP contribution in [0.1, 0.15) is 12.6 Å². The van der Waals surface area contributed by atoms with Gasteiger partial charge in [0.15, 0.2) is 5.65 Å². The summed E-state index contributed by atoms with van der Waals surface area (Å²) in [7, 11) is 0. The largest absolute Gasteiger partial charge is 0.383 e. The Balaban J connectivity index is 1.59. The van der Waals surface area contributed by atoms with Crippen LogP contribution in [0.2, 0.25) is 0 Å². The van der Waals surface area contributed by atoms with Crippen molar-refractivity contribution in [3.05, 3.63) is 52.9 Å². The first-order valence-corrected chi connectivity index (χ1v) is 9.83. The van der Waals surface area contributed by atoms with Crippen molar-refractivity contribution in [1.82, 2.24) is 24.9 Å². The van der Waals surface area contributed by atoms with E-state index < -0.39 is 0 Å². The number of nitrogen functional groups attached to an aromatic ring is 1. The molecule has 3 aromatic heterocycles. The number of para-hydroxylation sites is 1. The second-order valence-corrected chi connectivity index (χ2v) is 8.17. The Morgan fingerprint density at radius 2 is 2.11 bits per heavy atom. The molecule has 1 saturated heterocycles. The van der Waals surface area contributed by atoms with Gasteiger partial charge in [-0.25, -0.2) is 4.98 Å². The molecule has 5 rings (SSSR count). The molecule has 8 heteroatoms. The molecule has 1 aliphatic rings. The minimum Gasteiger partial charge on any atom is -0.383 e. The van der Waals surface area contributed by atoms with Gasteiger partial charge in [-0.2, -0.15) is 9.61 Å². The molecular formula is C20H19BrN6O. The van der Waals surface area contributed by atoms with Crippen LogP contribution in [-0.2, 0) is 11.3 Å². The van der Waals surface area contributed by atoms with Crippen molar-refractivity contribution in [3.63, 3.8) is 0 Å². The normalized spacial score (nSPS) is 15.8. The van der Waals surface area contributed by atoms with E-state index in [0.29, 0.717) is 31.2 Å². The van der Waals surface area contributed by atoms with E-state index in [0.717, 1.165) is 32.2 Å². The number of pyridine rings is 1. The number of hydrogen-bond acceptors (Lipinski definition) is 6. The highest BCUT2D eigenvalue weighted by molar-refractivity contribution is 9.10. The molecule has 0 spiro atoms. The summed E-state index contributed by atoms with van der Waals surface area (Å²) < 4.78 is 7.72. The lowest BCUT2D eigenvalue weighted by molar-refractivity contribution is -0.0651. The van der Waals surface area contributed by atoms with Crippen LogP contribution >= 0.6 is 15.9 Å². The zero-order chi connectivity index (χ0) is 19.3. The zero-order valence-electron chi connectivity index (χ0n) is 15.3. The summed E-state index contributed by atoms with van der Waals surface area (Å²) in [6.45, 7) is 4.12. The number of fused-ring (bicyclic) bond motifs is 2. The third kappa shape index (κ3) is 2.85. The maximum Gasteiger partial charge on any atom is 0.165 e. The molecular weight excluding hydrogens is 420 g/mol. The van der Waals surface area contributed by atoms with Crippen molar-refractivity contribution >= 4 is 38.3 Å². The van der Waals surface area contributed by atoms with Crippen LogP contribution in [0, 0.1) is 0 Å². The third-order valence-corrected chi connectivity index (χ3v) is 5.98. The second-order valence-electron chi connectivity index (χ2n) is 7.38. The van der Waals surface area contributed by atoms with Crippen LogP contribution < -0.4 is 11.1 Å². The number of halogens is 1. The predicted molar refractivity (Wildman–Crippen MR) is 112 cm³/mol. The molecule has 1 aliphatic heterocycles. The Bertz CT molecular complexity index is 1200. The van der Waals surface area contributed by atoms with Crippen molar-refractivity contribution < 1.29 is 4.74 Å². The van der Waals surface area contributed by atoms with E-state index in [9.17, 15) is 0 Å². The molecule has 7 nitrogen and oxygen atoms in total. The number of benzene rings is 1. The van der Waals surface area contributed by atoms with Crippen LogP contribution in [0.25, 0.3) is 27.7 Å². The van der Waals surface area contributed by atoms with Gasteiger partial charge in [0.05, 0.1) is 40.6 Å². The Morgan fingerprint density at radius 3 is 2.89 bits per heavy atom. The summed E-state index contributed by atoms with van der Waals surface area (Å²) in [5.74, 6) is 0.525. The second kappa shape index (κ2) is 6.51. The van der Waals surface area contributed by atoms with Gasteiger partial charge >= 0.3 is 0 Å². The highest BCUT2D eigenvalue weighted by Crippen LogP contribution is 2.31. The van der Waals surface area contributed by atoms with E-state index in [1.165, 1.54) is 0 Å². The Labute approximate surface area is 170 Å². The summed E-state index contributed by atoms with van der Waals surface area (Å²) in [4.78, 5) is 9.42. The first kappa shape index (κ1) is 17.5. The van der Waals surface area contributed by atoms with Crippen LogP contribution in [0.15, 0.2) is 47.2 Å². The average molecular weight is 439 g/mol. The van der Waals surface area contributed by atoms with Gasteiger partial charge in [0.2, 0.25) is 0 Å². The number of anilines is 1. The smallest absolute Gasteiger partial charge is 0.165 e. The number of nitrogens with two attached hydrogens (primary N) is 1. The molecule has 0 saturated carbocycles. The zero-order valence-corrected chi connectivity index (χ0v) is 16.9. The Hall–Kier alpha value is -2.55. The highest BCUT2D eigenvalue weighted by Gasteiger charge is 2.33. The van der Waals surface area contributed by atoms with Gasteiger partial charge in [0, 0.05) is 29.3 Å². The quantitative estimate of drug-likeness (QED) is 0.508. The summed E-state index contributed by atoms with van der Waals surface area (Å²) in [5, 5.41) is 9.02. The number of rotatable bonds is 4. The van der Waals surface area contributed by atoms with Crippen molar-refractivity contribution in [3.8, 4) is 11.1 Å². The van der Waals surface area contributed by atoms with Gasteiger partial charge in [0.1, 0.15) is 5.82 Å². The van der Waals surface area contributed by atoms with Crippen molar-refractivity contribution in [2.24, 2.45) is 0 Å². The van der Waals surface area contributed by atoms with Gasteiger partial charge in [-0.15, -0.1) is 0 Å². The average Bonchev–Trinajstić information content (AvgIpc) is 3.11. The van der Waals surface area contributed by atoms with Gasteiger partial charge in [-0.1, -0.05) is 18.2 Å². The summed E-state index contributed by atoms with van der Waals surface area (Å²) in [6.07, 6.45) is 3.64. The summed E-state index contributed by atoms with van der Waals surface area (Å²) >= 11 is 3.58. The first-order chi connectivity index (χ1) is 13.5. The molecule has 0 bridgehead atoms. The number of ether oxygens (including phenoxy) is 1. The predicted octanol–water partition coefficient (Wildman–Crippen LogP) is 3.17. The van der Waals surface area contributed by atoms with Gasteiger partial charge in [-0.3, -0.25) is 4.98 Å². The molecule has 0 atom stereocenters. The van der Waals surface area contributed by atoms with Crippen LogP contribution in [0.4, 0.5) is 5.82 Å². The Morgan fingerprint density at radius 1 is 1.29 bits per heavy atom. The van der Waals surface area contributed by atoms with Crippen LogP contribution in [0.5, 0.6) is 0 Å². The molecule has 4 heterocycles. The standard InChI is InChI=1S/C20H19BrN6O/c1-20(10-28-11-20)24-9-16-17(21)18(22)27-19(26-16)14(8-25-27)13-6-12-4-2-3-5-15(12)23-7-13/h2-8,24H,9-11,22H2,1H3. The number of nitrogens with zero attached hydrogens (tertiary/aromatic N) is 4. The van der Waals surface area contributed by atoms with E-state index in [-0.39, 0.29) is 5.54 Å². The molecule has 1 aromatic carbocycles. The fourth-order valence-corrected chi connectivity index (χ4v) is 3.79. The highest BCUT2D eigenvalue weighted by atomic mass is 79.9. The lowest BCUT2D eigenvalue weighted by Gasteiger charge is -2.39. The minimum absolute atomic E-state index is 0.0205. The summed E-state index contributed by atoms with van der Waals surface area (Å²) in [6, 6.07) is 10.1. The van der Waals surface area contributed by atoms with Crippen LogP contribution in [0.3, 0.4) is 0 Å². The molecule has 142 valence electrons. The van der Waals surface area contributed by atoms with Gasteiger partial charge in [-0.05, 0) is 35.0 Å². The molecule has 0 unspecified atom stereocenters. The van der Waals surface area contributed by atoms with E-state index in [1.807, 2.05) is 30.5 Å². The van der Waals surface area contributed by atoms with E-state index in [1.54, 1.807) is 10.7 Å². The molecule has 0 amide bonds. The molecule has 0 radical (unpaired) electrons. The molecule has 3 N–H and O–H groups in total. The molecule has 1 fully saturated rings. The third-order valence-electron chi connectivity index (χ3n) is 5.12. The van der Waals surface area contributed by atoms with Crippen LogP contribution in [-0.4, -0.2) is 38.3 Å². The fraction of sp³-hybridized carbons (Fsp3) is 0.250. The summed E-state index contributed by atoms with van der Waals surface area (Å²) in [5.41, 5.74) is 10.7.